The van der Waals surface area contributed by atoms with Crippen LogP contribution in [0.25, 0.3) is 0 Å². The Bertz CT molecular complexity index is 620. The van der Waals surface area contributed by atoms with Gasteiger partial charge in [0.2, 0.25) is 0 Å². The van der Waals surface area contributed by atoms with E-state index in [0.717, 1.165) is 18.4 Å². The van der Waals surface area contributed by atoms with Gasteiger partial charge in [0, 0.05) is 5.57 Å². The first-order valence-corrected chi connectivity index (χ1v) is 9.15. The summed E-state index contributed by atoms with van der Waals surface area (Å²) in [7, 11) is 0. The summed E-state index contributed by atoms with van der Waals surface area (Å²) in [6, 6.07) is 0. The average molecular weight is 346 g/mol. The third-order valence-electron chi connectivity index (χ3n) is 5.80. The maximum atomic E-state index is 12.2. The number of allylic oxidation sites excluding steroid dienone is 2. The van der Waals surface area contributed by atoms with E-state index in [-0.39, 0.29) is 16.9 Å². The van der Waals surface area contributed by atoms with E-state index in [1.54, 1.807) is 13.0 Å². The molecule has 4 nitrogen and oxygen atoms in total. The molecule has 2 atom stereocenters. The van der Waals surface area contributed by atoms with Gasteiger partial charge in [-0.2, -0.15) is 0 Å². The van der Waals surface area contributed by atoms with E-state index in [1.165, 1.54) is 19.3 Å². The summed E-state index contributed by atoms with van der Waals surface area (Å²) in [5.41, 5.74) is 0.147. The summed E-state index contributed by atoms with van der Waals surface area (Å²) in [4.78, 5) is 24.2. The van der Waals surface area contributed by atoms with Gasteiger partial charge in [0.15, 0.2) is 0 Å². The van der Waals surface area contributed by atoms with Crippen molar-refractivity contribution >= 4 is 11.9 Å². The summed E-state index contributed by atoms with van der Waals surface area (Å²) in [5, 5.41) is 9.88. The molecule has 25 heavy (non-hydrogen) atoms. The van der Waals surface area contributed by atoms with Gasteiger partial charge >= 0.3 is 11.9 Å². The second-order valence-electron chi connectivity index (χ2n) is 8.07. The predicted octanol–water partition coefficient (Wildman–Crippen LogP) is 4.67. The molecule has 0 heterocycles. The molecule has 2 rings (SSSR count). The van der Waals surface area contributed by atoms with Gasteiger partial charge in [0.25, 0.3) is 0 Å². The van der Waals surface area contributed by atoms with Crippen LogP contribution >= 0.6 is 0 Å². The van der Waals surface area contributed by atoms with Gasteiger partial charge in [-0.05, 0) is 42.7 Å². The number of carboxylic acids is 1. The molecule has 0 amide bonds. The Morgan fingerprint density at radius 3 is 2.36 bits per heavy atom. The first kappa shape index (κ1) is 19.5. The quantitative estimate of drug-likeness (QED) is 0.580. The maximum Gasteiger partial charge on any atom is 0.334 e. The van der Waals surface area contributed by atoms with E-state index in [1.807, 2.05) is 26.0 Å². The molecule has 2 aliphatic rings. The van der Waals surface area contributed by atoms with Crippen LogP contribution in [0.2, 0.25) is 0 Å². The molecule has 0 radical (unpaired) electrons. The van der Waals surface area contributed by atoms with Crippen molar-refractivity contribution in [3.8, 4) is 0 Å². The fraction of sp³-hybridized carbons (Fsp3) is 0.619. The second kappa shape index (κ2) is 7.19. The minimum absolute atomic E-state index is 0.00392. The molecule has 4 heteroatoms. The first-order chi connectivity index (χ1) is 11.6. The molecule has 2 unspecified atom stereocenters. The Morgan fingerprint density at radius 2 is 1.88 bits per heavy atom. The highest BCUT2D eigenvalue weighted by Gasteiger charge is 2.49. The summed E-state index contributed by atoms with van der Waals surface area (Å²) in [6.07, 6.45) is 11.3. The van der Waals surface area contributed by atoms with Gasteiger partial charge in [-0.3, -0.25) is 4.79 Å². The third kappa shape index (κ3) is 3.73. The molecule has 1 fully saturated rings. The molecule has 0 aromatic rings. The molecule has 1 saturated carbocycles. The van der Waals surface area contributed by atoms with Gasteiger partial charge in [0.1, 0.15) is 11.5 Å². The van der Waals surface area contributed by atoms with E-state index < -0.39 is 23.5 Å². The Morgan fingerprint density at radius 1 is 1.28 bits per heavy atom. The van der Waals surface area contributed by atoms with E-state index in [2.05, 4.69) is 13.5 Å². The fourth-order valence-electron chi connectivity index (χ4n) is 3.99. The minimum Gasteiger partial charge on any atom is -0.481 e. The van der Waals surface area contributed by atoms with E-state index in [4.69, 9.17) is 4.74 Å². The first-order valence-electron chi connectivity index (χ1n) is 9.15. The number of hydrogen-bond acceptors (Lipinski definition) is 3. The van der Waals surface area contributed by atoms with Crippen molar-refractivity contribution in [3.63, 3.8) is 0 Å². The van der Waals surface area contributed by atoms with Crippen LogP contribution in [0.1, 0.15) is 59.8 Å². The number of ether oxygens (including phenoxy) is 1. The third-order valence-corrected chi connectivity index (χ3v) is 5.80. The van der Waals surface area contributed by atoms with Crippen LogP contribution in [0.4, 0.5) is 0 Å². The molecule has 0 aliphatic heterocycles. The van der Waals surface area contributed by atoms with Crippen molar-refractivity contribution in [2.45, 2.75) is 65.4 Å². The zero-order valence-electron chi connectivity index (χ0n) is 15.8. The lowest BCUT2D eigenvalue weighted by atomic mass is 9.65. The lowest BCUT2D eigenvalue weighted by Crippen LogP contribution is -2.50. The highest BCUT2D eigenvalue weighted by Crippen LogP contribution is 2.47. The van der Waals surface area contributed by atoms with Crippen molar-refractivity contribution in [3.05, 3.63) is 36.0 Å². The van der Waals surface area contributed by atoms with Gasteiger partial charge in [-0.25, -0.2) is 4.79 Å². The number of carbonyl (C=O) groups excluding carboxylic acids is 1. The smallest absolute Gasteiger partial charge is 0.334 e. The average Bonchev–Trinajstić information content (AvgIpc) is 2.55. The molecule has 0 saturated heterocycles. The fourth-order valence-corrected chi connectivity index (χ4v) is 3.99. The number of carbonyl (C=O) groups is 2. The summed E-state index contributed by atoms with van der Waals surface area (Å²) in [6.45, 7) is 11.2. The lowest BCUT2D eigenvalue weighted by molar-refractivity contribution is -0.166. The van der Waals surface area contributed by atoms with Crippen LogP contribution in [0.5, 0.6) is 0 Å². The van der Waals surface area contributed by atoms with E-state index in [0.29, 0.717) is 0 Å². The van der Waals surface area contributed by atoms with Crippen molar-refractivity contribution in [2.24, 2.45) is 17.3 Å². The van der Waals surface area contributed by atoms with Crippen LogP contribution < -0.4 is 0 Å². The van der Waals surface area contributed by atoms with Crippen LogP contribution in [0.3, 0.4) is 0 Å². The van der Waals surface area contributed by atoms with Crippen LogP contribution in [0, 0.1) is 17.3 Å². The zero-order valence-corrected chi connectivity index (χ0v) is 15.8. The predicted molar refractivity (Wildman–Crippen MR) is 98.0 cm³/mol. The number of aliphatic carboxylic acids is 1. The molecule has 0 aromatic heterocycles. The largest absolute Gasteiger partial charge is 0.481 e. The van der Waals surface area contributed by atoms with Crippen molar-refractivity contribution in [1.82, 2.24) is 0 Å². The Labute approximate surface area is 150 Å². The lowest BCUT2D eigenvalue weighted by Gasteiger charge is -2.43. The van der Waals surface area contributed by atoms with Gasteiger partial charge in [-0.15, -0.1) is 0 Å². The van der Waals surface area contributed by atoms with E-state index >= 15 is 0 Å². The molecular formula is C21H30O4. The normalized spacial score (nSPS) is 28.4. The summed E-state index contributed by atoms with van der Waals surface area (Å²) >= 11 is 0. The SMILES string of the molecule is C=C(C)C(=O)OC1(C(C)C)C=CC(C2(C)CCCCC2)=CC1C(=O)O. The topological polar surface area (TPSA) is 63.6 Å². The highest BCUT2D eigenvalue weighted by molar-refractivity contribution is 5.88. The molecule has 0 aromatic carbocycles. The Hall–Kier alpha value is -1.84. The standard InChI is InChI=1S/C21H30O4/c1-14(2)19(24)25-21(15(3)4)12-9-16(13-17(21)18(22)23)20(5)10-7-6-8-11-20/h9,12-13,15,17H,1,6-8,10-11H2,2-5H3,(H,22,23). The van der Waals surface area contributed by atoms with Crippen molar-refractivity contribution in [2.75, 3.05) is 0 Å². The Kier molecular flexibility index (Phi) is 5.60. The number of hydrogen-bond donors (Lipinski definition) is 1. The molecular weight excluding hydrogens is 316 g/mol. The van der Waals surface area contributed by atoms with Crippen molar-refractivity contribution < 1.29 is 19.4 Å². The molecule has 138 valence electrons. The second-order valence-corrected chi connectivity index (χ2v) is 8.07. The Balaban J connectivity index is 2.43. The number of rotatable bonds is 5. The van der Waals surface area contributed by atoms with Crippen LogP contribution in [-0.4, -0.2) is 22.6 Å². The van der Waals surface area contributed by atoms with Gasteiger partial charge in [-0.1, -0.05) is 58.8 Å². The zero-order chi connectivity index (χ0) is 18.8. The van der Waals surface area contributed by atoms with Crippen molar-refractivity contribution in [1.29, 1.82) is 0 Å². The minimum atomic E-state index is -1.18. The molecule has 2 aliphatic carbocycles. The van der Waals surface area contributed by atoms with Crippen LogP contribution in [0.15, 0.2) is 36.0 Å². The van der Waals surface area contributed by atoms with Gasteiger partial charge < -0.3 is 9.84 Å². The molecule has 1 N–H and O–H groups in total. The molecule has 0 spiro atoms. The van der Waals surface area contributed by atoms with Crippen LogP contribution in [-0.2, 0) is 14.3 Å². The van der Waals surface area contributed by atoms with E-state index in [9.17, 15) is 14.7 Å². The summed E-state index contributed by atoms with van der Waals surface area (Å²) in [5.74, 6) is -2.59. The number of carboxylic acid groups (broad SMARTS) is 1. The number of esters is 1. The summed E-state index contributed by atoms with van der Waals surface area (Å²) < 4.78 is 5.69. The highest BCUT2D eigenvalue weighted by atomic mass is 16.6. The molecule has 0 bridgehead atoms. The van der Waals surface area contributed by atoms with Gasteiger partial charge in [0.05, 0.1) is 0 Å². The monoisotopic (exact) mass is 346 g/mol. The maximum absolute atomic E-state index is 12.2.